The van der Waals surface area contributed by atoms with E-state index in [1.807, 2.05) is 24.3 Å². The van der Waals surface area contributed by atoms with Crippen LogP contribution >= 0.6 is 0 Å². The second-order valence-corrected chi connectivity index (χ2v) is 10.3. The molecule has 0 aliphatic rings. The molecule has 0 bridgehead atoms. The van der Waals surface area contributed by atoms with Crippen molar-refractivity contribution in [2.75, 3.05) is 0 Å². The van der Waals surface area contributed by atoms with Gasteiger partial charge in [-0.2, -0.15) is 0 Å². The fourth-order valence-electron chi connectivity index (χ4n) is 6.43. The smallest absolute Gasteiger partial charge is 0.135 e. The average Bonchev–Trinajstić information content (AvgIpc) is 3.40. The van der Waals surface area contributed by atoms with Gasteiger partial charge in [-0.15, -0.1) is 0 Å². The summed E-state index contributed by atoms with van der Waals surface area (Å²) < 4.78 is 6.29. The molecular weight excluding hydrogens is 481 g/mol. The van der Waals surface area contributed by atoms with Crippen LogP contribution in [0.1, 0.15) is 0 Å². The summed E-state index contributed by atoms with van der Waals surface area (Å²) in [6, 6.07) is 39.7. The molecule has 8 aromatic rings. The Labute approximate surface area is 235 Å². The van der Waals surface area contributed by atoms with E-state index in [1.165, 1.54) is 21.9 Å². The van der Waals surface area contributed by atoms with E-state index in [0.29, 0.717) is 27.5 Å². The molecular formula is C36H19B3O. The molecule has 7 aromatic carbocycles. The van der Waals surface area contributed by atoms with Gasteiger partial charge in [-0.05, 0) is 66.1 Å². The van der Waals surface area contributed by atoms with Crippen molar-refractivity contribution in [1.29, 1.82) is 0 Å². The summed E-state index contributed by atoms with van der Waals surface area (Å²) in [5, 5.41) is 8.42. The Balaban J connectivity index is 1.57. The molecule has 1 nitrogen and oxygen atoms in total. The van der Waals surface area contributed by atoms with Gasteiger partial charge in [0.2, 0.25) is 0 Å². The summed E-state index contributed by atoms with van der Waals surface area (Å²) in [6.07, 6.45) is 0. The van der Waals surface area contributed by atoms with E-state index >= 15 is 0 Å². The number of fused-ring (bicyclic) bond motifs is 6. The maximum absolute atomic E-state index is 6.96. The van der Waals surface area contributed by atoms with Gasteiger partial charge in [0.05, 0.1) is 0 Å². The first-order valence-corrected chi connectivity index (χ1v) is 13.3. The minimum absolute atomic E-state index is 0.463. The third-order valence-corrected chi connectivity index (χ3v) is 8.18. The van der Waals surface area contributed by atoms with Gasteiger partial charge in [-0.3, -0.25) is 0 Å². The molecule has 0 amide bonds. The summed E-state index contributed by atoms with van der Waals surface area (Å²) in [4.78, 5) is 0. The van der Waals surface area contributed by atoms with Crippen LogP contribution in [0.15, 0.2) is 120 Å². The monoisotopic (exact) mass is 500 g/mol. The van der Waals surface area contributed by atoms with Gasteiger partial charge in [-0.25, -0.2) is 0 Å². The first kappa shape index (κ1) is 23.2. The van der Waals surface area contributed by atoms with Crippen LogP contribution in [0.5, 0.6) is 0 Å². The second kappa shape index (κ2) is 8.66. The largest absolute Gasteiger partial charge is 0.457 e. The molecule has 0 unspecified atom stereocenters. The average molecular weight is 500 g/mol. The van der Waals surface area contributed by atoms with Crippen LogP contribution < -0.4 is 16.4 Å². The topological polar surface area (TPSA) is 13.1 Å². The van der Waals surface area contributed by atoms with E-state index in [0.717, 1.165) is 43.5 Å². The predicted octanol–water partition coefficient (Wildman–Crippen LogP) is 6.76. The first-order chi connectivity index (χ1) is 19.6. The molecule has 0 atom stereocenters. The zero-order chi connectivity index (χ0) is 27.0. The fourth-order valence-corrected chi connectivity index (χ4v) is 6.43. The molecule has 1 aromatic heterocycles. The molecule has 8 rings (SSSR count). The third kappa shape index (κ3) is 3.14. The normalized spacial score (nSPS) is 11.8. The summed E-state index contributed by atoms with van der Waals surface area (Å²) in [5.74, 6) is 0. The van der Waals surface area contributed by atoms with Crippen molar-refractivity contribution in [3.63, 3.8) is 0 Å². The van der Waals surface area contributed by atoms with Crippen molar-refractivity contribution in [2.45, 2.75) is 0 Å². The standard InChI is InChI=1S/C36H19B3O/c37-33-31-27-17-7-8-19-28(27)40-36(31)35(39)32(34(33)38)30-25-15-5-3-13-23(25)29(24-14-4-6-16-26(24)30)22-18-9-11-20-10-1-2-12-21(20)22/h1-19H. The molecule has 0 fully saturated rings. The van der Waals surface area contributed by atoms with Crippen molar-refractivity contribution in [2.24, 2.45) is 0 Å². The maximum Gasteiger partial charge on any atom is 0.135 e. The Bertz CT molecular complexity index is 2250. The Morgan fingerprint density at radius 1 is 0.400 bits per heavy atom. The molecule has 40 heavy (non-hydrogen) atoms. The van der Waals surface area contributed by atoms with Crippen LogP contribution in [-0.4, -0.2) is 23.5 Å². The van der Waals surface area contributed by atoms with E-state index in [4.69, 9.17) is 28.0 Å². The van der Waals surface area contributed by atoms with E-state index in [-0.39, 0.29) is 0 Å². The van der Waals surface area contributed by atoms with E-state index in [2.05, 4.69) is 91.0 Å². The number of furan rings is 1. The lowest BCUT2D eigenvalue weighted by Gasteiger charge is -2.22. The minimum Gasteiger partial charge on any atom is -0.457 e. The van der Waals surface area contributed by atoms with Crippen molar-refractivity contribution >= 4 is 94.2 Å². The van der Waals surface area contributed by atoms with Crippen LogP contribution in [0.3, 0.4) is 0 Å². The lowest BCUT2D eigenvalue weighted by molar-refractivity contribution is 0.672. The Morgan fingerprint density at radius 2 is 0.925 bits per heavy atom. The Kier molecular flexibility index (Phi) is 5.03. The van der Waals surface area contributed by atoms with E-state index in [1.54, 1.807) is 0 Å². The number of hydrogen-bond donors (Lipinski definition) is 0. The summed E-state index contributed by atoms with van der Waals surface area (Å²) in [6.45, 7) is 0. The molecule has 0 aliphatic heterocycles. The zero-order valence-corrected chi connectivity index (χ0v) is 21.6. The molecule has 1 heterocycles. The highest BCUT2D eigenvalue weighted by Crippen LogP contribution is 2.44. The number of benzene rings is 7. The van der Waals surface area contributed by atoms with Gasteiger partial charge < -0.3 is 4.42 Å². The van der Waals surface area contributed by atoms with Crippen molar-refractivity contribution < 1.29 is 4.42 Å². The van der Waals surface area contributed by atoms with Crippen LogP contribution in [-0.2, 0) is 0 Å². The fraction of sp³-hybridized carbons (Fsp3) is 0. The Morgan fingerprint density at radius 3 is 1.60 bits per heavy atom. The predicted molar refractivity (Wildman–Crippen MR) is 173 cm³/mol. The molecule has 0 aliphatic carbocycles. The van der Waals surface area contributed by atoms with E-state index < -0.39 is 0 Å². The highest BCUT2D eigenvalue weighted by molar-refractivity contribution is 6.61. The molecule has 0 saturated heterocycles. The van der Waals surface area contributed by atoms with Crippen molar-refractivity contribution in [3.8, 4) is 22.3 Å². The Hall–Kier alpha value is -4.69. The summed E-state index contributed by atoms with van der Waals surface area (Å²) in [5.41, 5.74) is 6.76. The lowest BCUT2D eigenvalue weighted by atomic mass is 9.68. The van der Waals surface area contributed by atoms with E-state index in [9.17, 15) is 0 Å². The van der Waals surface area contributed by atoms with Gasteiger partial charge in [0, 0.05) is 10.8 Å². The van der Waals surface area contributed by atoms with Gasteiger partial charge in [0.1, 0.15) is 34.7 Å². The van der Waals surface area contributed by atoms with Crippen LogP contribution in [0.4, 0.5) is 0 Å². The van der Waals surface area contributed by atoms with Crippen LogP contribution in [0, 0.1) is 0 Å². The first-order valence-electron chi connectivity index (χ1n) is 13.3. The molecule has 0 spiro atoms. The van der Waals surface area contributed by atoms with Gasteiger partial charge in [0.25, 0.3) is 0 Å². The minimum atomic E-state index is 0.463. The molecule has 6 radical (unpaired) electrons. The van der Waals surface area contributed by atoms with Gasteiger partial charge >= 0.3 is 0 Å². The summed E-state index contributed by atoms with van der Waals surface area (Å²) in [7, 11) is 20.6. The highest BCUT2D eigenvalue weighted by atomic mass is 16.3. The quantitative estimate of drug-likeness (QED) is 0.189. The maximum atomic E-state index is 6.96. The number of hydrogen-bond acceptors (Lipinski definition) is 1. The number of para-hydroxylation sites is 1. The van der Waals surface area contributed by atoms with Crippen LogP contribution in [0.2, 0.25) is 0 Å². The number of rotatable bonds is 2. The second-order valence-electron chi connectivity index (χ2n) is 10.3. The summed E-state index contributed by atoms with van der Waals surface area (Å²) >= 11 is 0. The molecule has 0 saturated carbocycles. The van der Waals surface area contributed by atoms with Gasteiger partial charge in [0.15, 0.2) is 0 Å². The van der Waals surface area contributed by atoms with Crippen LogP contribution in [0.25, 0.3) is 76.5 Å². The highest BCUT2D eigenvalue weighted by Gasteiger charge is 2.23. The van der Waals surface area contributed by atoms with Gasteiger partial charge in [-0.1, -0.05) is 120 Å². The lowest BCUT2D eigenvalue weighted by Crippen LogP contribution is -2.34. The molecule has 0 N–H and O–H groups in total. The van der Waals surface area contributed by atoms with Crippen molar-refractivity contribution in [3.05, 3.63) is 115 Å². The third-order valence-electron chi connectivity index (χ3n) is 8.18. The zero-order valence-electron chi connectivity index (χ0n) is 21.6. The SMILES string of the molecule is [B]c1c(-c2c3ccccc3c(-c3cccc4ccccc34)c3ccccc23)c([B])c2oc3ccccc3c2c1[B]. The molecule has 178 valence electrons. The van der Waals surface area contributed by atoms with Crippen molar-refractivity contribution in [1.82, 2.24) is 0 Å². The molecule has 4 heteroatoms.